The minimum absolute atomic E-state index is 0. The molecule has 2 heterocycles. The molecule has 2 aliphatic heterocycles. The Labute approximate surface area is 206 Å². The van der Waals surface area contributed by atoms with Crippen LogP contribution in [0, 0.1) is 0 Å². The molecule has 0 amide bonds. The van der Waals surface area contributed by atoms with Crippen LogP contribution < -0.4 is 10.6 Å². The van der Waals surface area contributed by atoms with Gasteiger partial charge in [0, 0.05) is 65.4 Å². The fourth-order valence-corrected chi connectivity index (χ4v) is 4.21. The van der Waals surface area contributed by atoms with E-state index < -0.39 is 12.7 Å². The number of alkyl halides is 3. The Kier molecular flexibility index (Phi) is 11.0. The lowest BCUT2D eigenvalue weighted by atomic mass is 10.1. The highest BCUT2D eigenvalue weighted by Crippen LogP contribution is 2.20. The van der Waals surface area contributed by atoms with Crippen molar-refractivity contribution in [3.05, 3.63) is 35.4 Å². The van der Waals surface area contributed by atoms with Crippen LogP contribution in [0.25, 0.3) is 0 Å². The van der Waals surface area contributed by atoms with E-state index in [0.717, 1.165) is 44.8 Å². The predicted molar refractivity (Wildman–Crippen MR) is 133 cm³/mol. The Balaban J connectivity index is 0.00000363. The van der Waals surface area contributed by atoms with Crippen molar-refractivity contribution in [2.45, 2.75) is 38.7 Å². The normalized spacial score (nSPS) is 21.4. The highest BCUT2D eigenvalue weighted by atomic mass is 127. The molecular weight excluding hydrogens is 532 g/mol. The van der Waals surface area contributed by atoms with Gasteiger partial charge in [-0.25, -0.2) is 0 Å². The van der Waals surface area contributed by atoms with Crippen molar-refractivity contribution in [3.8, 4) is 0 Å². The summed E-state index contributed by atoms with van der Waals surface area (Å²) in [6.45, 7) is 9.41. The number of aliphatic imine (C=N–C) groups is 1. The van der Waals surface area contributed by atoms with Gasteiger partial charge in [-0.15, -0.1) is 24.0 Å². The van der Waals surface area contributed by atoms with Crippen molar-refractivity contribution in [2.75, 3.05) is 59.4 Å². The summed E-state index contributed by atoms with van der Waals surface area (Å²) in [5.74, 6) is 0.622. The van der Waals surface area contributed by atoms with Crippen LogP contribution in [0.1, 0.15) is 24.5 Å². The minimum atomic E-state index is -4.15. The van der Waals surface area contributed by atoms with E-state index in [9.17, 15) is 13.2 Å². The Morgan fingerprint density at radius 3 is 2.22 bits per heavy atom. The Morgan fingerprint density at radius 1 is 1.00 bits per heavy atom. The molecule has 1 aromatic carbocycles. The molecule has 0 radical (unpaired) electrons. The smallest absolute Gasteiger partial charge is 0.352 e. The van der Waals surface area contributed by atoms with Crippen LogP contribution in [-0.4, -0.2) is 92.3 Å². The molecule has 10 heteroatoms. The molecule has 1 unspecified atom stereocenters. The second kappa shape index (κ2) is 13.0. The topological polar surface area (TPSA) is 46.1 Å². The lowest BCUT2D eigenvalue weighted by molar-refractivity contribution is -0.143. The van der Waals surface area contributed by atoms with Crippen LogP contribution in [0.5, 0.6) is 0 Å². The fraction of sp³-hybridized carbons (Fsp3) is 0.682. The number of nitrogens with zero attached hydrogens (tertiary/aromatic N) is 4. The van der Waals surface area contributed by atoms with E-state index in [2.05, 4.69) is 56.6 Å². The lowest BCUT2D eigenvalue weighted by Crippen LogP contribution is -2.45. The van der Waals surface area contributed by atoms with E-state index in [1.54, 1.807) is 7.05 Å². The standard InChI is InChI=1S/C22H35F3N6.HI/c1-3-29-10-12-30(13-11-29)15-19-6-4-18(5-7-19)14-27-21(26-2)28-20-8-9-31(16-20)17-22(23,24)25;/h4-7,20H,3,8-17H2,1-2H3,(H2,26,27,28);1H. The average molecular weight is 568 g/mol. The molecule has 6 nitrogen and oxygen atoms in total. The first-order valence-corrected chi connectivity index (χ1v) is 11.1. The number of piperazine rings is 1. The first-order chi connectivity index (χ1) is 14.8. The van der Waals surface area contributed by atoms with Crippen LogP contribution in [0.2, 0.25) is 0 Å². The summed E-state index contributed by atoms with van der Waals surface area (Å²) in [6, 6.07) is 8.57. The summed E-state index contributed by atoms with van der Waals surface area (Å²) in [6.07, 6.45) is -3.47. The van der Waals surface area contributed by atoms with Crippen LogP contribution in [0.3, 0.4) is 0 Å². The number of hydrogen-bond donors (Lipinski definition) is 2. The number of rotatable bonds is 7. The van der Waals surface area contributed by atoms with Crippen molar-refractivity contribution >= 4 is 29.9 Å². The van der Waals surface area contributed by atoms with Gasteiger partial charge in [-0.2, -0.15) is 13.2 Å². The molecule has 1 atom stereocenters. The largest absolute Gasteiger partial charge is 0.401 e. The quantitative estimate of drug-likeness (QED) is 0.301. The number of guanidine groups is 1. The average Bonchev–Trinajstić information content (AvgIpc) is 3.17. The number of halogens is 4. The van der Waals surface area contributed by atoms with E-state index in [4.69, 9.17) is 0 Å². The van der Waals surface area contributed by atoms with E-state index in [1.807, 2.05) is 0 Å². The molecule has 2 aliphatic rings. The molecule has 3 rings (SSSR count). The van der Waals surface area contributed by atoms with Crippen LogP contribution in [0.15, 0.2) is 29.3 Å². The molecule has 0 saturated carbocycles. The lowest BCUT2D eigenvalue weighted by Gasteiger charge is -2.34. The molecular formula is C22H36F3IN6. The van der Waals surface area contributed by atoms with E-state index in [-0.39, 0.29) is 30.0 Å². The molecule has 2 N–H and O–H groups in total. The second-order valence-electron chi connectivity index (χ2n) is 8.43. The summed E-state index contributed by atoms with van der Waals surface area (Å²) in [5, 5.41) is 6.51. The highest BCUT2D eigenvalue weighted by Gasteiger charge is 2.34. The monoisotopic (exact) mass is 568 g/mol. The summed E-state index contributed by atoms with van der Waals surface area (Å²) >= 11 is 0. The maximum Gasteiger partial charge on any atom is 0.401 e. The van der Waals surface area contributed by atoms with Gasteiger partial charge in [0.15, 0.2) is 5.96 Å². The molecule has 0 aliphatic carbocycles. The molecule has 2 saturated heterocycles. The van der Waals surface area contributed by atoms with Crippen molar-refractivity contribution < 1.29 is 13.2 Å². The Hall–Kier alpha value is -1.11. The maximum absolute atomic E-state index is 12.6. The van der Waals surface area contributed by atoms with Gasteiger partial charge < -0.3 is 15.5 Å². The number of nitrogens with one attached hydrogen (secondary N) is 2. The summed E-state index contributed by atoms with van der Waals surface area (Å²) < 4.78 is 37.7. The van der Waals surface area contributed by atoms with Gasteiger partial charge in [0.25, 0.3) is 0 Å². The molecule has 182 valence electrons. The van der Waals surface area contributed by atoms with E-state index in [1.165, 1.54) is 10.5 Å². The van der Waals surface area contributed by atoms with Crippen LogP contribution in [0.4, 0.5) is 13.2 Å². The van der Waals surface area contributed by atoms with Crippen molar-refractivity contribution in [2.24, 2.45) is 4.99 Å². The minimum Gasteiger partial charge on any atom is -0.352 e. The SMILES string of the molecule is CCN1CCN(Cc2ccc(CNC(=NC)NC3CCN(CC(F)(F)F)C3)cc2)CC1.I. The van der Waals surface area contributed by atoms with Crippen molar-refractivity contribution in [1.82, 2.24) is 25.3 Å². The van der Waals surface area contributed by atoms with Gasteiger partial charge in [-0.3, -0.25) is 14.8 Å². The summed E-state index contributed by atoms with van der Waals surface area (Å²) in [7, 11) is 1.68. The van der Waals surface area contributed by atoms with Crippen molar-refractivity contribution in [3.63, 3.8) is 0 Å². The van der Waals surface area contributed by atoms with Crippen LogP contribution >= 0.6 is 24.0 Å². The first kappa shape index (κ1) is 27.1. The highest BCUT2D eigenvalue weighted by molar-refractivity contribution is 14.0. The fourth-order valence-electron chi connectivity index (χ4n) is 4.21. The summed E-state index contributed by atoms with van der Waals surface area (Å²) in [4.78, 5) is 10.6. The van der Waals surface area contributed by atoms with Crippen molar-refractivity contribution in [1.29, 1.82) is 0 Å². The molecule has 2 fully saturated rings. The number of hydrogen-bond acceptors (Lipinski definition) is 4. The number of benzene rings is 1. The zero-order valence-corrected chi connectivity index (χ0v) is 21.3. The number of likely N-dealkylation sites (N-methyl/N-ethyl adjacent to an activating group) is 1. The first-order valence-electron chi connectivity index (χ1n) is 11.1. The summed E-state index contributed by atoms with van der Waals surface area (Å²) in [5.41, 5.74) is 2.46. The Morgan fingerprint density at radius 2 is 1.62 bits per heavy atom. The van der Waals surface area contributed by atoms with Gasteiger partial charge in [0.2, 0.25) is 0 Å². The third-order valence-corrected chi connectivity index (χ3v) is 6.04. The van der Waals surface area contributed by atoms with Gasteiger partial charge in [-0.05, 0) is 24.1 Å². The zero-order valence-electron chi connectivity index (χ0n) is 19.0. The molecule has 1 aromatic rings. The van der Waals surface area contributed by atoms with E-state index >= 15 is 0 Å². The van der Waals surface area contributed by atoms with Gasteiger partial charge in [0.05, 0.1) is 6.54 Å². The molecule has 32 heavy (non-hydrogen) atoms. The third-order valence-electron chi connectivity index (χ3n) is 6.04. The van der Waals surface area contributed by atoms with Gasteiger partial charge in [-0.1, -0.05) is 31.2 Å². The van der Waals surface area contributed by atoms with Gasteiger partial charge >= 0.3 is 6.18 Å². The predicted octanol–water partition coefficient (Wildman–Crippen LogP) is 2.74. The molecule has 0 bridgehead atoms. The van der Waals surface area contributed by atoms with Gasteiger partial charge in [0.1, 0.15) is 0 Å². The zero-order chi connectivity index (χ0) is 22.3. The second-order valence-corrected chi connectivity index (χ2v) is 8.43. The third kappa shape index (κ3) is 9.03. The molecule has 0 spiro atoms. The maximum atomic E-state index is 12.6. The number of likely N-dealkylation sites (tertiary alicyclic amines) is 1. The Bertz CT molecular complexity index is 705. The molecule has 0 aromatic heterocycles. The van der Waals surface area contributed by atoms with E-state index in [0.29, 0.717) is 32.0 Å². The van der Waals surface area contributed by atoms with Crippen LogP contribution in [-0.2, 0) is 13.1 Å².